The van der Waals surface area contributed by atoms with E-state index >= 15 is 0 Å². The lowest BCUT2D eigenvalue weighted by atomic mass is 10.2. The number of anilines is 1. The van der Waals surface area contributed by atoms with E-state index in [-0.39, 0.29) is 15.8 Å². The Morgan fingerprint density at radius 2 is 2.29 bits per heavy atom. The van der Waals surface area contributed by atoms with Gasteiger partial charge in [0.25, 0.3) is 0 Å². The molecule has 0 radical (unpaired) electrons. The Morgan fingerprint density at radius 1 is 1.65 bits per heavy atom. The molecule has 0 spiro atoms. The predicted molar refractivity (Wildman–Crippen MR) is 74.3 cm³/mol. The van der Waals surface area contributed by atoms with Crippen molar-refractivity contribution in [1.82, 2.24) is 0 Å². The standard InChI is InChI=1S/C11H15FN2OS2/c1-7(17(2)15)6-14-8-3-4-9(11(13)16)10(12)5-8/h3-5,7,14H,6H2,1-2H3,(H2,13,16). The number of hydrogen-bond acceptors (Lipinski definition) is 3. The number of nitrogens with one attached hydrogen (secondary N) is 1. The van der Waals surface area contributed by atoms with Crippen LogP contribution in [0.1, 0.15) is 12.5 Å². The van der Waals surface area contributed by atoms with Crippen LogP contribution in [0.5, 0.6) is 0 Å². The first-order valence-corrected chi connectivity index (χ1v) is 7.10. The maximum Gasteiger partial charge on any atom is 0.135 e. The van der Waals surface area contributed by atoms with E-state index in [4.69, 9.17) is 18.0 Å². The minimum absolute atomic E-state index is 0.00771. The predicted octanol–water partition coefficient (Wildman–Crippen LogP) is 1.64. The molecule has 1 aromatic carbocycles. The van der Waals surface area contributed by atoms with Crippen molar-refractivity contribution >= 4 is 33.7 Å². The second-order valence-electron chi connectivity index (χ2n) is 3.75. The number of thiocarbonyl (C=S) groups is 1. The van der Waals surface area contributed by atoms with E-state index in [0.29, 0.717) is 12.2 Å². The molecule has 6 heteroatoms. The highest BCUT2D eigenvalue weighted by Crippen LogP contribution is 2.14. The zero-order chi connectivity index (χ0) is 13.0. The van der Waals surface area contributed by atoms with Gasteiger partial charge in [-0.05, 0) is 25.1 Å². The normalized spacial score (nSPS) is 14.1. The summed E-state index contributed by atoms with van der Waals surface area (Å²) in [6.07, 6.45) is 1.64. The molecule has 3 N–H and O–H groups in total. The van der Waals surface area contributed by atoms with Crippen molar-refractivity contribution < 1.29 is 8.60 Å². The van der Waals surface area contributed by atoms with Crippen molar-refractivity contribution in [2.75, 3.05) is 18.1 Å². The van der Waals surface area contributed by atoms with Gasteiger partial charge in [0.05, 0.1) is 0 Å². The van der Waals surface area contributed by atoms with Crippen molar-refractivity contribution in [2.24, 2.45) is 5.73 Å². The zero-order valence-electron chi connectivity index (χ0n) is 9.70. The fraction of sp³-hybridized carbons (Fsp3) is 0.364. The number of benzene rings is 1. The van der Waals surface area contributed by atoms with Crippen LogP contribution in [0.4, 0.5) is 10.1 Å². The average Bonchev–Trinajstić information content (AvgIpc) is 2.25. The second kappa shape index (κ2) is 6.07. The molecule has 0 aliphatic heterocycles. The second-order valence-corrected chi connectivity index (χ2v) is 5.99. The van der Waals surface area contributed by atoms with Crippen LogP contribution in [0.2, 0.25) is 0 Å². The molecule has 0 aromatic heterocycles. The number of rotatable bonds is 5. The van der Waals surface area contributed by atoms with E-state index in [9.17, 15) is 8.60 Å². The first-order chi connectivity index (χ1) is 7.91. The van der Waals surface area contributed by atoms with Gasteiger partial charge in [0.2, 0.25) is 0 Å². The maximum atomic E-state index is 13.5. The van der Waals surface area contributed by atoms with Crippen molar-refractivity contribution in [3.63, 3.8) is 0 Å². The fourth-order valence-electron chi connectivity index (χ4n) is 1.20. The van der Waals surface area contributed by atoms with Gasteiger partial charge in [-0.2, -0.15) is 0 Å². The monoisotopic (exact) mass is 274 g/mol. The molecule has 0 aliphatic rings. The van der Waals surface area contributed by atoms with Crippen molar-refractivity contribution in [2.45, 2.75) is 12.2 Å². The third-order valence-corrected chi connectivity index (χ3v) is 3.91. The van der Waals surface area contributed by atoms with Crippen LogP contribution in [0.3, 0.4) is 0 Å². The molecule has 17 heavy (non-hydrogen) atoms. The van der Waals surface area contributed by atoms with E-state index in [1.54, 1.807) is 12.3 Å². The lowest BCUT2D eigenvalue weighted by Gasteiger charge is -2.11. The molecule has 0 heterocycles. The Morgan fingerprint density at radius 3 is 2.76 bits per heavy atom. The minimum atomic E-state index is -0.898. The summed E-state index contributed by atoms with van der Waals surface area (Å²) in [5.74, 6) is -0.451. The largest absolute Gasteiger partial charge is 0.389 e. The highest BCUT2D eigenvalue weighted by molar-refractivity contribution is 7.84. The van der Waals surface area contributed by atoms with E-state index in [1.807, 2.05) is 6.92 Å². The number of halogens is 1. The van der Waals surface area contributed by atoms with Gasteiger partial charge < -0.3 is 11.1 Å². The van der Waals surface area contributed by atoms with Crippen LogP contribution in [0.25, 0.3) is 0 Å². The number of hydrogen-bond donors (Lipinski definition) is 2. The molecule has 0 aliphatic carbocycles. The summed E-state index contributed by atoms with van der Waals surface area (Å²) in [4.78, 5) is 0.0390. The summed E-state index contributed by atoms with van der Waals surface area (Å²) in [6.45, 7) is 2.39. The SMILES string of the molecule is CC(CNc1ccc(C(N)=S)c(F)c1)S(C)=O. The Hall–Kier alpha value is -1.01. The molecular formula is C11H15FN2OS2. The molecule has 2 atom stereocenters. The Balaban J connectivity index is 2.71. The molecule has 1 rings (SSSR count). The van der Waals surface area contributed by atoms with Gasteiger partial charge >= 0.3 is 0 Å². The van der Waals surface area contributed by atoms with Gasteiger partial charge in [0.15, 0.2) is 0 Å². The van der Waals surface area contributed by atoms with Crippen molar-refractivity contribution in [3.8, 4) is 0 Å². The molecule has 0 saturated heterocycles. The topological polar surface area (TPSA) is 55.1 Å². The Labute approximate surface area is 108 Å². The highest BCUT2D eigenvalue weighted by Gasteiger charge is 2.08. The third-order valence-electron chi connectivity index (χ3n) is 2.39. The summed E-state index contributed by atoms with van der Waals surface area (Å²) < 4.78 is 24.7. The van der Waals surface area contributed by atoms with E-state index in [0.717, 1.165) is 0 Å². The zero-order valence-corrected chi connectivity index (χ0v) is 11.3. The first-order valence-electron chi connectivity index (χ1n) is 5.07. The fourth-order valence-corrected chi connectivity index (χ4v) is 1.69. The number of nitrogens with two attached hydrogens (primary N) is 1. The van der Waals surface area contributed by atoms with Gasteiger partial charge in [0, 0.05) is 40.1 Å². The highest BCUT2D eigenvalue weighted by atomic mass is 32.2. The molecule has 0 amide bonds. The molecular weight excluding hydrogens is 259 g/mol. The Bertz CT molecular complexity index is 451. The van der Waals surface area contributed by atoms with Gasteiger partial charge in [0.1, 0.15) is 10.8 Å². The van der Waals surface area contributed by atoms with E-state index in [2.05, 4.69) is 5.32 Å². The molecule has 3 nitrogen and oxygen atoms in total. The van der Waals surface area contributed by atoms with Crippen molar-refractivity contribution in [3.05, 3.63) is 29.6 Å². The molecule has 0 bridgehead atoms. The van der Waals surface area contributed by atoms with Crippen LogP contribution >= 0.6 is 12.2 Å². The van der Waals surface area contributed by atoms with Gasteiger partial charge in [-0.1, -0.05) is 12.2 Å². The van der Waals surface area contributed by atoms with Crippen molar-refractivity contribution in [1.29, 1.82) is 0 Å². The van der Waals surface area contributed by atoms with Gasteiger partial charge in [-0.25, -0.2) is 4.39 Å². The van der Waals surface area contributed by atoms with Crippen LogP contribution in [-0.2, 0) is 10.8 Å². The van der Waals surface area contributed by atoms with Crippen LogP contribution < -0.4 is 11.1 Å². The van der Waals surface area contributed by atoms with E-state index in [1.165, 1.54) is 12.1 Å². The smallest absolute Gasteiger partial charge is 0.135 e. The lowest BCUT2D eigenvalue weighted by Crippen LogP contribution is -2.21. The Kier molecular flexibility index (Phi) is 5.02. The maximum absolute atomic E-state index is 13.5. The quantitative estimate of drug-likeness (QED) is 0.802. The summed E-state index contributed by atoms with van der Waals surface area (Å²) >= 11 is 4.71. The first kappa shape index (κ1) is 14.1. The average molecular weight is 274 g/mol. The molecule has 0 saturated carbocycles. The van der Waals surface area contributed by atoms with Crippen LogP contribution in [0.15, 0.2) is 18.2 Å². The summed E-state index contributed by atoms with van der Waals surface area (Å²) in [5, 5.41) is 3.02. The van der Waals surface area contributed by atoms with E-state index < -0.39 is 16.6 Å². The molecule has 94 valence electrons. The van der Waals surface area contributed by atoms with Gasteiger partial charge in [-0.3, -0.25) is 4.21 Å². The van der Waals surface area contributed by atoms with Crippen LogP contribution in [-0.4, -0.2) is 27.2 Å². The molecule has 0 fully saturated rings. The van der Waals surface area contributed by atoms with Crippen LogP contribution in [0, 0.1) is 5.82 Å². The van der Waals surface area contributed by atoms with Gasteiger partial charge in [-0.15, -0.1) is 0 Å². The third kappa shape index (κ3) is 4.05. The molecule has 1 aromatic rings. The summed E-state index contributed by atoms with van der Waals surface area (Å²) in [6, 6.07) is 4.57. The summed E-state index contributed by atoms with van der Waals surface area (Å²) in [7, 11) is -0.898. The lowest BCUT2D eigenvalue weighted by molar-refractivity contribution is 0.626. The minimum Gasteiger partial charge on any atom is -0.389 e. The molecule has 2 unspecified atom stereocenters. The summed E-state index contributed by atoms with van der Waals surface area (Å²) in [5.41, 5.74) is 6.22.